The number of rotatable bonds is 7. The largest absolute Gasteiger partial charge is 0.493 e. The third-order valence-electron chi connectivity index (χ3n) is 2.34. The maximum absolute atomic E-state index is 10.6. The molecule has 1 aromatic carbocycles. The molecule has 0 spiro atoms. The van der Waals surface area contributed by atoms with Crippen LogP contribution in [0.5, 0.6) is 11.5 Å². The maximum atomic E-state index is 10.6. The fourth-order valence-corrected chi connectivity index (χ4v) is 1.44. The number of carboxylic acid groups (broad SMARTS) is 1. The van der Waals surface area contributed by atoms with Crippen LogP contribution in [0.2, 0.25) is 0 Å². The molecule has 0 saturated carbocycles. The summed E-state index contributed by atoms with van der Waals surface area (Å²) < 4.78 is 10.7. The molecule has 0 heterocycles. The topological polar surface area (TPSA) is 55.8 Å². The van der Waals surface area contributed by atoms with Crippen molar-refractivity contribution in [2.75, 3.05) is 13.7 Å². The Morgan fingerprint density at radius 2 is 2.12 bits per heavy atom. The SMILES string of the molecule is CCCCOc1ccc(CC(=O)O)cc1OC. The Morgan fingerprint density at radius 3 is 2.71 bits per heavy atom. The van der Waals surface area contributed by atoms with Crippen LogP contribution in [0.4, 0.5) is 0 Å². The van der Waals surface area contributed by atoms with Crippen LogP contribution in [0.15, 0.2) is 18.2 Å². The van der Waals surface area contributed by atoms with Crippen LogP contribution < -0.4 is 9.47 Å². The van der Waals surface area contributed by atoms with Gasteiger partial charge in [0.2, 0.25) is 0 Å². The predicted molar refractivity (Wildman–Crippen MR) is 64.7 cm³/mol. The number of carbonyl (C=O) groups is 1. The monoisotopic (exact) mass is 238 g/mol. The van der Waals surface area contributed by atoms with Gasteiger partial charge in [0, 0.05) is 0 Å². The van der Waals surface area contributed by atoms with Gasteiger partial charge in [-0.3, -0.25) is 4.79 Å². The molecule has 0 aliphatic heterocycles. The zero-order valence-electron chi connectivity index (χ0n) is 10.2. The molecule has 1 rings (SSSR count). The van der Waals surface area contributed by atoms with Gasteiger partial charge in [0.15, 0.2) is 11.5 Å². The summed E-state index contributed by atoms with van der Waals surface area (Å²) in [6, 6.07) is 5.21. The van der Waals surface area contributed by atoms with Gasteiger partial charge in [-0.2, -0.15) is 0 Å². The number of aliphatic carboxylic acids is 1. The van der Waals surface area contributed by atoms with Crippen molar-refractivity contribution < 1.29 is 19.4 Å². The number of methoxy groups -OCH3 is 1. The average Bonchev–Trinajstić information content (AvgIpc) is 2.30. The minimum atomic E-state index is -0.855. The van der Waals surface area contributed by atoms with Gasteiger partial charge in [-0.25, -0.2) is 0 Å². The van der Waals surface area contributed by atoms with Crippen LogP contribution in [0.3, 0.4) is 0 Å². The highest BCUT2D eigenvalue weighted by atomic mass is 16.5. The van der Waals surface area contributed by atoms with Crippen molar-refractivity contribution in [3.63, 3.8) is 0 Å². The van der Waals surface area contributed by atoms with Crippen molar-refractivity contribution in [1.82, 2.24) is 0 Å². The number of benzene rings is 1. The molecule has 0 atom stereocenters. The lowest BCUT2D eigenvalue weighted by molar-refractivity contribution is -0.136. The summed E-state index contributed by atoms with van der Waals surface area (Å²) in [6.45, 7) is 2.74. The lowest BCUT2D eigenvalue weighted by Gasteiger charge is -2.11. The Balaban J connectivity index is 2.74. The van der Waals surface area contributed by atoms with E-state index in [0.29, 0.717) is 23.7 Å². The van der Waals surface area contributed by atoms with Crippen LogP contribution in [0.25, 0.3) is 0 Å². The van der Waals surface area contributed by atoms with Gasteiger partial charge in [-0.15, -0.1) is 0 Å². The predicted octanol–water partition coefficient (Wildman–Crippen LogP) is 2.50. The Hall–Kier alpha value is -1.71. The molecule has 1 aromatic rings. The second-order valence-electron chi connectivity index (χ2n) is 3.76. The van der Waals surface area contributed by atoms with Gasteiger partial charge < -0.3 is 14.6 Å². The fraction of sp³-hybridized carbons (Fsp3) is 0.462. The first kappa shape index (κ1) is 13.4. The molecule has 0 radical (unpaired) electrons. The number of hydrogen-bond donors (Lipinski definition) is 1. The van der Waals surface area contributed by atoms with Crippen LogP contribution in [-0.4, -0.2) is 24.8 Å². The van der Waals surface area contributed by atoms with Gasteiger partial charge in [-0.1, -0.05) is 19.4 Å². The van der Waals surface area contributed by atoms with Crippen LogP contribution in [0.1, 0.15) is 25.3 Å². The van der Waals surface area contributed by atoms with Gasteiger partial charge in [0.25, 0.3) is 0 Å². The zero-order chi connectivity index (χ0) is 12.7. The third kappa shape index (κ3) is 4.34. The Morgan fingerprint density at radius 1 is 1.35 bits per heavy atom. The van der Waals surface area contributed by atoms with E-state index in [1.807, 2.05) is 0 Å². The van der Waals surface area contributed by atoms with E-state index in [9.17, 15) is 4.79 Å². The summed E-state index contributed by atoms with van der Waals surface area (Å²) in [4.78, 5) is 10.6. The smallest absolute Gasteiger partial charge is 0.307 e. The molecule has 0 amide bonds. The van der Waals surface area contributed by atoms with Crippen molar-refractivity contribution in [3.05, 3.63) is 23.8 Å². The maximum Gasteiger partial charge on any atom is 0.307 e. The van der Waals surface area contributed by atoms with Crippen molar-refractivity contribution in [3.8, 4) is 11.5 Å². The van der Waals surface area contributed by atoms with E-state index < -0.39 is 5.97 Å². The second-order valence-corrected chi connectivity index (χ2v) is 3.76. The quantitative estimate of drug-likeness (QED) is 0.741. The Bertz CT molecular complexity index is 374. The highest BCUT2D eigenvalue weighted by Crippen LogP contribution is 2.28. The van der Waals surface area contributed by atoms with Crippen LogP contribution in [0, 0.1) is 0 Å². The number of ether oxygens (including phenoxy) is 2. The summed E-state index contributed by atoms with van der Waals surface area (Å²) >= 11 is 0. The molecule has 4 nitrogen and oxygen atoms in total. The number of hydrogen-bond acceptors (Lipinski definition) is 3. The van der Waals surface area contributed by atoms with Crippen molar-refractivity contribution >= 4 is 5.97 Å². The first-order valence-corrected chi connectivity index (χ1v) is 5.69. The van der Waals surface area contributed by atoms with E-state index >= 15 is 0 Å². The summed E-state index contributed by atoms with van der Waals surface area (Å²) in [5.41, 5.74) is 0.706. The van der Waals surface area contributed by atoms with Crippen LogP contribution >= 0.6 is 0 Å². The first-order valence-electron chi connectivity index (χ1n) is 5.69. The fourth-order valence-electron chi connectivity index (χ4n) is 1.44. The second kappa shape index (κ2) is 6.78. The zero-order valence-corrected chi connectivity index (χ0v) is 10.2. The van der Waals surface area contributed by atoms with E-state index in [2.05, 4.69) is 6.92 Å². The van der Waals surface area contributed by atoms with E-state index in [0.717, 1.165) is 12.8 Å². The molecule has 0 aliphatic carbocycles. The highest BCUT2D eigenvalue weighted by Gasteiger charge is 2.07. The normalized spacial score (nSPS) is 10.0. The van der Waals surface area contributed by atoms with Gasteiger partial charge in [0.05, 0.1) is 20.1 Å². The van der Waals surface area contributed by atoms with Gasteiger partial charge in [-0.05, 0) is 24.1 Å². The van der Waals surface area contributed by atoms with Gasteiger partial charge in [0.1, 0.15) is 0 Å². The van der Waals surface area contributed by atoms with E-state index in [1.165, 1.54) is 0 Å². The number of carboxylic acids is 1. The Kier molecular flexibility index (Phi) is 5.33. The van der Waals surface area contributed by atoms with E-state index in [1.54, 1.807) is 25.3 Å². The van der Waals surface area contributed by atoms with Crippen molar-refractivity contribution in [2.45, 2.75) is 26.2 Å². The van der Waals surface area contributed by atoms with E-state index in [4.69, 9.17) is 14.6 Å². The Labute approximate surface area is 101 Å². The molecule has 0 bridgehead atoms. The molecule has 94 valence electrons. The van der Waals surface area contributed by atoms with E-state index in [-0.39, 0.29) is 6.42 Å². The minimum Gasteiger partial charge on any atom is -0.493 e. The highest BCUT2D eigenvalue weighted by molar-refractivity contribution is 5.70. The lowest BCUT2D eigenvalue weighted by atomic mass is 10.1. The molecule has 0 saturated heterocycles. The summed E-state index contributed by atoms with van der Waals surface area (Å²) in [5.74, 6) is 0.390. The molecule has 1 N–H and O–H groups in total. The lowest BCUT2D eigenvalue weighted by Crippen LogP contribution is -2.02. The molecule has 0 aromatic heterocycles. The average molecular weight is 238 g/mol. The molecular formula is C13H18O4. The summed E-state index contributed by atoms with van der Waals surface area (Å²) in [6.07, 6.45) is 2.05. The summed E-state index contributed by atoms with van der Waals surface area (Å²) in [5, 5.41) is 8.70. The molecule has 0 aliphatic rings. The minimum absolute atomic E-state index is 0.00833. The van der Waals surface area contributed by atoms with Crippen molar-refractivity contribution in [2.24, 2.45) is 0 Å². The molecule has 17 heavy (non-hydrogen) atoms. The molecule has 0 unspecified atom stereocenters. The molecule has 0 fully saturated rings. The van der Waals surface area contributed by atoms with Crippen LogP contribution in [-0.2, 0) is 11.2 Å². The number of unbranched alkanes of at least 4 members (excludes halogenated alkanes) is 1. The summed E-state index contributed by atoms with van der Waals surface area (Å²) in [7, 11) is 1.55. The van der Waals surface area contributed by atoms with Gasteiger partial charge >= 0.3 is 5.97 Å². The van der Waals surface area contributed by atoms with Crippen molar-refractivity contribution in [1.29, 1.82) is 0 Å². The first-order chi connectivity index (χ1) is 8.17. The standard InChI is InChI=1S/C13H18O4/c1-3-4-7-17-11-6-5-10(9-13(14)15)8-12(11)16-2/h5-6,8H,3-4,7,9H2,1-2H3,(H,14,15). The molecular weight excluding hydrogens is 220 g/mol. The third-order valence-corrected chi connectivity index (χ3v) is 2.34. The molecule has 4 heteroatoms.